The maximum Gasteiger partial charge on any atom is 0.184 e. The summed E-state index contributed by atoms with van der Waals surface area (Å²) in [6, 6.07) is 0. The molecule has 0 radical (unpaired) electrons. The SMILES string of the molecule is CC1(C)CCC(O)(CNc2ncc(N)s2)CC1. The molecule has 1 fully saturated rings. The van der Waals surface area contributed by atoms with Crippen molar-refractivity contribution in [1.82, 2.24) is 4.98 Å². The first-order valence-electron chi connectivity index (χ1n) is 6.06. The summed E-state index contributed by atoms with van der Waals surface area (Å²) in [5, 5.41) is 15.1. The molecule has 1 saturated carbocycles. The van der Waals surface area contributed by atoms with Gasteiger partial charge in [-0.25, -0.2) is 4.98 Å². The number of thiazole rings is 1. The van der Waals surface area contributed by atoms with Crippen molar-refractivity contribution in [3.63, 3.8) is 0 Å². The molecule has 5 heteroatoms. The fourth-order valence-electron chi connectivity index (χ4n) is 2.18. The van der Waals surface area contributed by atoms with Gasteiger partial charge in [-0.2, -0.15) is 0 Å². The predicted octanol–water partition coefficient (Wildman–Crippen LogP) is 2.47. The van der Waals surface area contributed by atoms with E-state index in [0.717, 1.165) is 30.8 Å². The van der Waals surface area contributed by atoms with Gasteiger partial charge in [0, 0.05) is 6.54 Å². The van der Waals surface area contributed by atoms with Crippen LogP contribution in [0, 0.1) is 5.41 Å². The highest BCUT2D eigenvalue weighted by molar-refractivity contribution is 7.19. The van der Waals surface area contributed by atoms with Gasteiger partial charge < -0.3 is 16.2 Å². The Morgan fingerprint density at radius 1 is 1.41 bits per heavy atom. The highest BCUT2D eigenvalue weighted by Gasteiger charge is 2.36. The molecule has 1 aliphatic carbocycles. The molecule has 0 saturated heterocycles. The van der Waals surface area contributed by atoms with Crippen molar-refractivity contribution in [2.24, 2.45) is 5.41 Å². The number of aliphatic hydroxyl groups is 1. The number of nitrogens with one attached hydrogen (secondary N) is 1. The van der Waals surface area contributed by atoms with Gasteiger partial charge in [0.1, 0.15) is 5.00 Å². The van der Waals surface area contributed by atoms with Crippen LogP contribution in [0.4, 0.5) is 10.1 Å². The molecule has 0 aliphatic heterocycles. The minimum absolute atomic E-state index is 0.373. The van der Waals surface area contributed by atoms with E-state index < -0.39 is 5.60 Å². The predicted molar refractivity (Wildman–Crippen MR) is 72.2 cm³/mol. The quantitative estimate of drug-likeness (QED) is 0.776. The van der Waals surface area contributed by atoms with Crippen molar-refractivity contribution in [3.8, 4) is 0 Å². The smallest absolute Gasteiger partial charge is 0.184 e. The molecular formula is C12H21N3OS. The molecule has 4 nitrogen and oxygen atoms in total. The van der Waals surface area contributed by atoms with Crippen LogP contribution in [0.25, 0.3) is 0 Å². The average molecular weight is 255 g/mol. The minimum Gasteiger partial charge on any atom is -0.389 e. The molecule has 0 atom stereocenters. The topological polar surface area (TPSA) is 71.2 Å². The molecule has 2 rings (SSSR count). The number of anilines is 2. The molecule has 0 aromatic carbocycles. The molecule has 0 amide bonds. The molecule has 1 aromatic rings. The normalized spacial score (nSPS) is 22.3. The van der Waals surface area contributed by atoms with E-state index in [1.165, 1.54) is 11.3 Å². The Hall–Kier alpha value is -0.810. The number of nitrogens with two attached hydrogens (primary N) is 1. The highest BCUT2D eigenvalue weighted by Crippen LogP contribution is 2.40. The van der Waals surface area contributed by atoms with Crippen molar-refractivity contribution in [3.05, 3.63) is 6.20 Å². The maximum atomic E-state index is 10.5. The Kier molecular flexibility index (Phi) is 3.32. The first kappa shape index (κ1) is 12.6. The van der Waals surface area contributed by atoms with Crippen LogP contribution in [-0.2, 0) is 0 Å². The van der Waals surface area contributed by atoms with Crippen molar-refractivity contribution in [1.29, 1.82) is 0 Å². The summed E-state index contributed by atoms with van der Waals surface area (Å²) in [5.74, 6) is 0. The van der Waals surface area contributed by atoms with Gasteiger partial charge in [-0.3, -0.25) is 0 Å². The lowest BCUT2D eigenvalue weighted by molar-refractivity contribution is -0.0145. The van der Waals surface area contributed by atoms with Gasteiger partial charge in [0.05, 0.1) is 11.8 Å². The van der Waals surface area contributed by atoms with Gasteiger partial charge in [0.25, 0.3) is 0 Å². The second kappa shape index (κ2) is 4.46. The zero-order chi connectivity index (χ0) is 12.5. The van der Waals surface area contributed by atoms with Crippen LogP contribution >= 0.6 is 11.3 Å². The summed E-state index contributed by atoms with van der Waals surface area (Å²) >= 11 is 1.42. The number of nitrogens with zero attached hydrogens (tertiary/aromatic N) is 1. The van der Waals surface area contributed by atoms with Gasteiger partial charge in [-0.05, 0) is 31.1 Å². The number of hydrogen-bond acceptors (Lipinski definition) is 5. The summed E-state index contributed by atoms with van der Waals surface area (Å²) in [6.45, 7) is 5.10. The number of aromatic nitrogens is 1. The Bertz CT molecular complexity index is 379. The summed E-state index contributed by atoms with van der Waals surface area (Å²) in [7, 11) is 0. The molecule has 1 heterocycles. The first-order valence-corrected chi connectivity index (χ1v) is 6.88. The van der Waals surface area contributed by atoms with E-state index in [9.17, 15) is 5.11 Å². The third-order valence-electron chi connectivity index (χ3n) is 3.63. The van der Waals surface area contributed by atoms with Gasteiger partial charge in [-0.1, -0.05) is 25.2 Å². The van der Waals surface area contributed by atoms with E-state index in [-0.39, 0.29) is 0 Å². The Labute approximate surface area is 106 Å². The lowest BCUT2D eigenvalue weighted by Gasteiger charge is -2.40. The molecule has 1 aliphatic rings. The summed E-state index contributed by atoms with van der Waals surface area (Å²) in [5.41, 5.74) is 5.39. The van der Waals surface area contributed by atoms with Crippen molar-refractivity contribution in [2.75, 3.05) is 17.6 Å². The lowest BCUT2D eigenvalue weighted by Crippen LogP contribution is -2.42. The maximum absolute atomic E-state index is 10.5. The van der Waals surface area contributed by atoms with Gasteiger partial charge >= 0.3 is 0 Å². The second-order valence-electron chi connectivity index (χ2n) is 5.81. The van der Waals surface area contributed by atoms with Crippen LogP contribution in [0.5, 0.6) is 0 Å². The summed E-state index contributed by atoms with van der Waals surface area (Å²) < 4.78 is 0. The van der Waals surface area contributed by atoms with Crippen LogP contribution in [0.2, 0.25) is 0 Å². The Morgan fingerprint density at radius 2 is 2.06 bits per heavy atom. The monoisotopic (exact) mass is 255 g/mol. The van der Waals surface area contributed by atoms with E-state index in [1.54, 1.807) is 6.20 Å². The third-order valence-corrected chi connectivity index (χ3v) is 4.41. The van der Waals surface area contributed by atoms with Crippen LogP contribution in [0.1, 0.15) is 39.5 Å². The molecule has 1 aromatic heterocycles. The average Bonchev–Trinajstić information content (AvgIpc) is 2.67. The van der Waals surface area contributed by atoms with Gasteiger partial charge in [-0.15, -0.1) is 0 Å². The zero-order valence-electron chi connectivity index (χ0n) is 10.5. The fraction of sp³-hybridized carbons (Fsp3) is 0.750. The van der Waals surface area contributed by atoms with E-state index in [1.807, 2.05) is 0 Å². The van der Waals surface area contributed by atoms with Crippen molar-refractivity contribution in [2.45, 2.75) is 45.1 Å². The highest BCUT2D eigenvalue weighted by atomic mass is 32.1. The van der Waals surface area contributed by atoms with Crippen LogP contribution < -0.4 is 11.1 Å². The van der Waals surface area contributed by atoms with Crippen molar-refractivity contribution < 1.29 is 5.11 Å². The van der Waals surface area contributed by atoms with Crippen molar-refractivity contribution >= 4 is 21.5 Å². The van der Waals surface area contributed by atoms with Gasteiger partial charge in [0.2, 0.25) is 0 Å². The molecule has 0 spiro atoms. The number of rotatable bonds is 3. The van der Waals surface area contributed by atoms with E-state index in [4.69, 9.17) is 5.73 Å². The summed E-state index contributed by atoms with van der Waals surface area (Å²) in [4.78, 5) is 4.13. The van der Waals surface area contributed by atoms with Gasteiger partial charge in [0.15, 0.2) is 5.13 Å². The molecule has 96 valence electrons. The molecule has 17 heavy (non-hydrogen) atoms. The number of nitrogen functional groups attached to an aromatic ring is 1. The van der Waals surface area contributed by atoms with E-state index in [0.29, 0.717) is 17.0 Å². The van der Waals surface area contributed by atoms with Crippen LogP contribution in [0.3, 0.4) is 0 Å². The fourth-order valence-corrected chi connectivity index (χ4v) is 2.76. The standard InChI is InChI=1S/C12H21N3OS/c1-11(2)3-5-12(16,6-4-11)8-15-10-14-7-9(13)17-10/h7,16H,3-6,8,13H2,1-2H3,(H,14,15). The minimum atomic E-state index is -0.587. The Balaban J connectivity index is 1.87. The molecule has 0 bridgehead atoms. The largest absolute Gasteiger partial charge is 0.389 e. The van der Waals surface area contributed by atoms with Crippen LogP contribution in [-0.4, -0.2) is 22.2 Å². The van der Waals surface area contributed by atoms with E-state index in [2.05, 4.69) is 24.1 Å². The molecule has 0 unspecified atom stereocenters. The molecule has 4 N–H and O–H groups in total. The van der Waals surface area contributed by atoms with E-state index >= 15 is 0 Å². The summed E-state index contributed by atoms with van der Waals surface area (Å²) in [6.07, 6.45) is 5.50. The second-order valence-corrected chi connectivity index (χ2v) is 6.87. The van der Waals surface area contributed by atoms with Crippen LogP contribution in [0.15, 0.2) is 6.20 Å². The Morgan fingerprint density at radius 3 is 2.59 bits per heavy atom. The first-order chi connectivity index (χ1) is 7.89. The zero-order valence-corrected chi connectivity index (χ0v) is 11.3. The number of hydrogen-bond donors (Lipinski definition) is 3. The molecular weight excluding hydrogens is 234 g/mol. The lowest BCUT2D eigenvalue weighted by atomic mass is 9.71. The third kappa shape index (κ3) is 3.33.